The minimum absolute atomic E-state index is 0.0255. The molecule has 0 fully saturated rings. The SMILES string of the molecule is Cc1cc(Cn2cnc3c(C)csc3c2=O)ccn1. The van der Waals surface area contributed by atoms with Crippen molar-refractivity contribution >= 4 is 21.6 Å². The van der Waals surface area contributed by atoms with Crippen molar-refractivity contribution in [2.45, 2.75) is 20.4 Å². The Morgan fingerprint density at radius 2 is 2.16 bits per heavy atom. The lowest BCUT2D eigenvalue weighted by Gasteiger charge is -2.05. The highest BCUT2D eigenvalue weighted by Crippen LogP contribution is 2.19. The van der Waals surface area contributed by atoms with Crippen molar-refractivity contribution in [3.05, 3.63) is 57.2 Å². The van der Waals surface area contributed by atoms with Gasteiger partial charge in [-0.05, 0) is 42.5 Å². The largest absolute Gasteiger partial charge is 0.294 e. The van der Waals surface area contributed by atoms with E-state index in [1.165, 1.54) is 11.3 Å². The molecule has 3 aromatic rings. The Bertz CT molecular complexity index is 804. The summed E-state index contributed by atoms with van der Waals surface area (Å²) in [4.78, 5) is 20.9. The van der Waals surface area contributed by atoms with Crippen LogP contribution in [0.15, 0.2) is 34.8 Å². The zero-order valence-electron chi connectivity index (χ0n) is 10.8. The lowest BCUT2D eigenvalue weighted by Crippen LogP contribution is -2.20. The van der Waals surface area contributed by atoms with Crippen LogP contribution in [0.2, 0.25) is 0 Å². The molecule has 3 rings (SSSR count). The van der Waals surface area contributed by atoms with Gasteiger partial charge in [-0.25, -0.2) is 4.98 Å². The normalized spacial score (nSPS) is 11.1. The average Bonchev–Trinajstić information content (AvgIpc) is 2.76. The maximum absolute atomic E-state index is 12.3. The maximum Gasteiger partial charge on any atom is 0.271 e. The molecule has 0 bridgehead atoms. The minimum atomic E-state index is 0.0255. The van der Waals surface area contributed by atoms with Gasteiger partial charge in [-0.3, -0.25) is 14.3 Å². The van der Waals surface area contributed by atoms with Gasteiger partial charge >= 0.3 is 0 Å². The zero-order chi connectivity index (χ0) is 13.4. The van der Waals surface area contributed by atoms with Crippen LogP contribution in [-0.2, 0) is 6.54 Å². The molecule has 0 saturated heterocycles. The van der Waals surface area contributed by atoms with Crippen LogP contribution in [0.25, 0.3) is 10.2 Å². The van der Waals surface area contributed by atoms with Gasteiger partial charge in [0.1, 0.15) is 4.70 Å². The highest BCUT2D eigenvalue weighted by atomic mass is 32.1. The fourth-order valence-corrected chi connectivity index (χ4v) is 3.02. The second-order valence-corrected chi connectivity index (χ2v) is 5.46. The van der Waals surface area contributed by atoms with Crippen LogP contribution in [0.4, 0.5) is 0 Å². The smallest absolute Gasteiger partial charge is 0.271 e. The summed E-state index contributed by atoms with van der Waals surface area (Å²) in [5.41, 5.74) is 3.91. The van der Waals surface area contributed by atoms with Gasteiger partial charge in [0.25, 0.3) is 5.56 Å². The standard InChI is InChI=1S/C14H13N3OS/c1-9-7-19-13-12(9)16-8-17(14(13)18)6-11-3-4-15-10(2)5-11/h3-5,7-8H,6H2,1-2H3. The van der Waals surface area contributed by atoms with E-state index in [0.717, 1.165) is 27.0 Å². The molecule has 0 saturated carbocycles. The van der Waals surface area contributed by atoms with Crippen LogP contribution in [0, 0.1) is 13.8 Å². The van der Waals surface area contributed by atoms with Gasteiger partial charge in [0.2, 0.25) is 0 Å². The lowest BCUT2D eigenvalue weighted by atomic mass is 10.2. The van der Waals surface area contributed by atoms with Crippen LogP contribution < -0.4 is 5.56 Å². The first-order valence-corrected chi connectivity index (χ1v) is 6.88. The molecular weight excluding hydrogens is 258 g/mol. The van der Waals surface area contributed by atoms with E-state index >= 15 is 0 Å². The van der Waals surface area contributed by atoms with Crippen LogP contribution in [0.3, 0.4) is 0 Å². The first-order chi connectivity index (χ1) is 9.15. The molecule has 0 amide bonds. The molecule has 96 valence electrons. The highest BCUT2D eigenvalue weighted by Gasteiger charge is 2.08. The first kappa shape index (κ1) is 12.0. The van der Waals surface area contributed by atoms with Gasteiger partial charge in [-0.15, -0.1) is 11.3 Å². The van der Waals surface area contributed by atoms with E-state index in [9.17, 15) is 4.79 Å². The van der Waals surface area contributed by atoms with E-state index in [-0.39, 0.29) is 5.56 Å². The molecule has 0 spiro atoms. The van der Waals surface area contributed by atoms with Crippen LogP contribution in [0.1, 0.15) is 16.8 Å². The third-order valence-corrected chi connectivity index (χ3v) is 4.11. The van der Waals surface area contributed by atoms with E-state index in [0.29, 0.717) is 6.54 Å². The quantitative estimate of drug-likeness (QED) is 0.719. The monoisotopic (exact) mass is 271 g/mol. The topological polar surface area (TPSA) is 47.8 Å². The number of hydrogen-bond acceptors (Lipinski definition) is 4. The van der Waals surface area contributed by atoms with Crippen molar-refractivity contribution in [2.75, 3.05) is 0 Å². The fraction of sp³-hybridized carbons (Fsp3) is 0.214. The summed E-state index contributed by atoms with van der Waals surface area (Å²) in [5, 5.41) is 1.97. The number of hydrogen-bond donors (Lipinski definition) is 0. The number of nitrogens with zero attached hydrogens (tertiary/aromatic N) is 3. The molecule has 0 aromatic carbocycles. The van der Waals surface area contributed by atoms with Crippen molar-refractivity contribution in [2.24, 2.45) is 0 Å². The van der Waals surface area contributed by atoms with Gasteiger partial charge in [0.15, 0.2) is 0 Å². The molecule has 0 unspecified atom stereocenters. The number of thiophene rings is 1. The minimum Gasteiger partial charge on any atom is -0.294 e. The Hall–Kier alpha value is -2.01. The van der Waals surface area contributed by atoms with Crippen LogP contribution in [-0.4, -0.2) is 14.5 Å². The number of rotatable bonds is 2. The van der Waals surface area contributed by atoms with Gasteiger partial charge < -0.3 is 0 Å². The van der Waals surface area contributed by atoms with E-state index < -0.39 is 0 Å². The summed E-state index contributed by atoms with van der Waals surface area (Å²) >= 11 is 1.46. The predicted octanol–water partition coefficient (Wildman–Crippen LogP) is 2.52. The Labute approximate surface area is 114 Å². The average molecular weight is 271 g/mol. The molecule has 0 aliphatic heterocycles. The Balaban J connectivity index is 2.06. The highest BCUT2D eigenvalue weighted by molar-refractivity contribution is 7.17. The number of aryl methyl sites for hydroxylation is 2. The molecule has 0 aliphatic carbocycles. The molecule has 3 aromatic heterocycles. The van der Waals surface area contributed by atoms with Crippen molar-refractivity contribution in [1.82, 2.24) is 14.5 Å². The van der Waals surface area contributed by atoms with Crippen LogP contribution in [0.5, 0.6) is 0 Å². The lowest BCUT2D eigenvalue weighted by molar-refractivity contribution is 0.747. The second kappa shape index (κ2) is 4.59. The third kappa shape index (κ3) is 2.17. The number of pyridine rings is 1. The maximum atomic E-state index is 12.3. The molecule has 3 heterocycles. The molecule has 0 aliphatic rings. The van der Waals surface area contributed by atoms with Gasteiger partial charge in [0, 0.05) is 11.9 Å². The van der Waals surface area contributed by atoms with Gasteiger partial charge in [-0.2, -0.15) is 0 Å². The number of aromatic nitrogens is 3. The van der Waals surface area contributed by atoms with E-state index in [2.05, 4.69) is 9.97 Å². The Morgan fingerprint density at radius 1 is 1.32 bits per heavy atom. The molecule has 0 N–H and O–H groups in total. The molecule has 19 heavy (non-hydrogen) atoms. The predicted molar refractivity (Wildman–Crippen MR) is 76.7 cm³/mol. The summed E-state index contributed by atoms with van der Waals surface area (Å²) in [6, 6.07) is 3.90. The van der Waals surface area contributed by atoms with Crippen molar-refractivity contribution < 1.29 is 0 Å². The summed E-state index contributed by atoms with van der Waals surface area (Å²) in [7, 11) is 0. The molecular formula is C14H13N3OS. The van der Waals surface area contributed by atoms with Crippen molar-refractivity contribution in [3.63, 3.8) is 0 Å². The summed E-state index contributed by atoms with van der Waals surface area (Å²) in [6.07, 6.45) is 3.39. The van der Waals surface area contributed by atoms with Gasteiger partial charge in [0.05, 0.1) is 18.4 Å². The number of fused-ring (bicyclic) bond motifs is 1. The molecule has 5 heteroatoms. The second-order valence-electron chi connectivity index (χ2n) is 4.58. The van der Waals surface area contributed by atoms with E-state index in [1.807, 2.05) is 31.4 Å². The first-order valence-electron chi connectivity index (χ1n) is 6.00. The summed E-state index contributed by atoms with van der Waals surface area (Å²) < 4.78 is 2.37. The van der Waals surface area contributed by atoms with E-state index in [1.54, 1.807) is 17.1 Å². The van der Waals surface area contributed by atoms with E-state index in [4.69, 9.17) is 0 Å². The van der Waals surface area contributed by atoms with Gasteiger partial charge in [-0.1, -0.05) is 0 Å². The third-order valence-electron chi connectivity index (χ3n) is 3.04. The van der Waals surface area contributed by atoms with Crippen molar-refractivity contribution in [3.8, 4) is 0 Å². The van der Waals surface area contributed by atoms with Crippen LogP contribution >= 0.6 is 11.3 Å². The zero-order valence-corrected chi connectivity index (χ0v) is 11.6. The molecule has 4 nitrogen and oxygen atoms in total. The molecule has 0 atom stereocenters. The fourth-order valence-electron chi connectivity index (χ4n) is 2.07. The Kier molecular flexibility index (Phi) is 2.91. The summed E-state index contributed by atoms with van der Waals surface area (Å²) in [6.45, 7) is 4.44. The molecule has 0 radical (unpaired) electrons. The Morgan fingerprint density at radius 3 is 2.95 bits per heavy atom. The summed E-state index contributed by atoms with van der Waals surface area (Å²) in [5.74, 6) is 0. The van der Waals surface area contributed by atoms with Crippen molar-refractivity contribution in [1.29, 1.82) is 0 Å².